The molecule has 0 atom stereocenters. The molecule has 3 rings (SSSR count). The van der Waals surface area contributed by atoms with Crippen molar-refractivity contribution in [3.8, 4) is 0 Å². The van der Waals surface area contributed by atoms with Gasteiger partial charge in [0.05, 0.1) is 10.6 Å². The van der Waals surface area contributed by atoms with Crippen LogP contribution < -0.4 is 10.6 Å². The fraction of sp³-hybridized carbons (Fsp3) is 0.0556. The highest BCUT2D eigenvalue weighted by molar-refractivity contribution is 6.34. The predicted octanol–water partition coefficient (Wildman–Crippen LogP) is 4.18. The smallest absolute Gasteiger partial charge is 0.272 e. The number of hydrogen-bond acceptors (Lipinski definition) is 3. The quantitative estimate of drug-likeness (QED) is 0.537. The second kappa shape index (κ2) is 8.37. The summed E-state index contributed by atoms with van der Waals surface area (Å²) in [7, 11) is 0. The van der Waals surface area contributed by atoms with Crippen LogP contribution in [-0.2, 0) is 6.54 Å². The molecule has 0 radical (unpaired) electrons. The van der Waals surface area contributed by atoms with Gasteiger partial charge in [0.2, 0.25) is 0 Å². The molecule has 10 heteroatoms. The van der Waals surface area contributed by atoms with Crippen LogP contribution in [0.15, 0.2) is 42.5 Å². The Kier molecular flexibility index (Phi) is 5.91. The van der Waals surface area contributed by atoms with E-state index in [1.807, 2.05) is 0 Å². The van der Waals surface area contributed by atoms with E-state index in [1.54, 1.807) is 24.3 Å². The lowest BCUT2D eigenvalue weighted by Crippen LogP contribution is -2.23. The predicted molar refractivity (Wildman–Crippen MR) is 101 cm³/mol. The van der Waals surface area contributed by atoms with Crippen molar-refractivity contribution in [3.05, 3.63) is 81.0 Å². The molecule has 3 aromatic rings. The lowest BCUT2D eigenvalue weighted by Gasteiger charge is -2.05. The minimum Gasteiger partial charge on any atom is -0.347 e. The van der Waals surface area contributed by atoms with Gasteiger partial charge in [-0.25, -0.2) is 8.78 Å². The fourth-order valence-electron chi connectivity index (χ4n) is 2.26. The molecule has 2 aromatic carbocycles. The molecule has 0 bridgehead atoms. The van der Waals surface area contributed by atoms with Gasteiger partial charge < -0.3 is 10.6 Å². The lowest BCUT2D eigenvalue weighted by atomic mass is 10.2. The van der Waals surface area contributed by atoms with E-state index in [0.29, 0.717) is 17.2 Å². The van der Waals surface area contributed by atoms with Gasteiger partial charge >= 0.3 is 0 Å². The standard InChI is InChI=1S/C18H12Cl2F2N4O2/c19-10-3-1-9(2-4-10)8-23-18(28)15-7-16(26-25-15)24-17(27)11-5-13(21)14(22)6-12(11)20/h1-7H,8H2,(H,23,28)(H2,24,25,26,27). The first kappa shape index (κ1) is 19.8. The molecule has 6 nitrogen and oxygen atoms in total. The minimum absolute atomic E-state index is 0.0284. The first-order valence-corrected chi connectivity index (χ1v) is 8.63. The topological polar surface area (TPSA) is 86.9 Å². The van der Waals surface area contributed by atoms with E-state index in [4.69, 9.17) is 23.2 Å². The second-order valence-corrected chi connectivity index (χ2v) is 6.52. The van der Waals surface area contributed by atoms with Gasteiger partial charge in [0.1, 0.15) is 5.82 Å². The summed E-state index contributed by atoms with van der Waals surface area (Å²) in [6.45, 7) is 0.259. The number of aromatic nitrogens is 2. The van der Waals surface area contributed by atoms with Crippen LogP contribution in [0.3, 0.4) is 0 Å². The Balaban J connectivity index is 1.63. The molecule has 0 saturated heterocycles. The monoisotopic (exact) mass is 424 g/mol. The SMILES string of the molecule is O=C(NCc1ccc(Cl)cc1)c1cc(NC(=O)c2cc(F)c(F)cc2Cl)[nH]n1. The highest BCUT2D eigenvalue weighted by Gasteiger charge is 2.17. The van der Waals surface area contributed by atoms with E-state index in [1.165, 1.54) is 6.07 Å². The average Bonchev–Trinajstić information content (AvgIpc) is 3.12. The Morgan fingerprint density at radius 1 is 1.00 bits per heavy atom. The highest BCUT2D eigenvalue weighted by Crippen LogP contribution is 2.21. The summed E-state index contributed by atoms with van der Waals surface area (Å²) in [4.78, 5) is 24.3. The highest BCUT2D eigenvalue weighted by atomic mass is 35.5. The molecule has 2 amide bonds. The molecule has 0 aliphatic rings. The molecule has 144 valence electrons. The van der Waals surface area contributed by atoms with Crippen molar-refractivity contribution in [2.45, 2.75) is 6.54 Å². The first-order valence-electron chi connectivity index (χ1n) is 7.87. The maximum absolute atomic E-state index is 13.3. The molecule has 0 fully saturated rings. The fourth-order valence-corrected chi connectivity index (χ4v) is 2.63. The number of halogens is 4. The van der Waals surface area contributed by atoms with Gasteiger partial charge in [-0.1, -0.05) is 35.3 Å². The number of anilines is 1. The van der Waals surface area contributed by atoms with Crippen LogP contribution in [0.5, 0.6) is 0 Å². The molecule has 0 aliphatic carbocycles. The van der Waals surface area contributed by atoms with Crippen molar-refractivity contribution in [3.63, 3.8) is 0 Å². The zero-order valence-electron chi connectivity index (χ0n) is 14.0. The van der Waals surface area contributed by atoms with Crippen LogP contribution in [-0.4, -0.2) is 22.0 Å². The normalized spacial score (nSPS) is 10.6. The van der Waals surface area contributed by atoms with Crippen molar-refractivity contribution in [2.75, 3.05) is 5.32 Å². The molecule has 28 heavy (non-hydrogen) atoms. The molecular weight excluding hydrogens is 413 g/mol. The van der Waals surface area contributed by atoms with E-state index < -0.39 is 23.4 Å². The molecule has 3 N–H and O–H groups in total. The molecule has 1 aromatic heterocycles. The number of benzene rings is 2. The van der Waals surface area contributed by atoms with Crippen LogP contribution in [0.1, 0.15) is 26.4 Å². The average molecular weight is 425 g/mol. The first-order chi connectivity index (χ1) is 13.3. The third-order valence-electron chi connectivity index (χ3n) is 3.68. The second-order valence-electron chi connectivity index (χ2n) is 5.68. The van der Waals surface area contributed by atoms with E-state index in [0.717, 1.165) is 5.56 Å². The van der Waals surface area contributed by atoms with Crippen molar-refractivity contribution >= 4 is 40.8 Å². The summed E-state index contributed by atoms with van der Waals surface area (Å²) < 4.78 is 26.4. The summed E-state index contributed by atoms with van der Waals surface area (Å²) >= 11 is 11.6. The number of hydrogen-bond donors (Lipinski definition) is 3. The van der Waals surface area contributed by atoms with E-state index in [9.17, 15) is 18.4 Å². The van der Waals surface area contributed by atoms with Gasteiger partial charge in [0.25, 0.3) is 11.8 Å². The minimum atomic E-state index is -1.21. The molecule has 0 spiro atoms. The zero-order valence-corrected chi connectivity index (χ0v) is 15.5. The van der Waals surface area contributed by atoms with E-state index in [-0.39, 0.29) is 28.6 Å². The van der Waals surface area contributed by atoms with Gasteiger partial charge in [0, 0.05) is 17.6 Å². The maximum atomic E-state index is 13.3. The van der Waals surface area contributed by atoms with Crippen molar-refractivity contribution in [1.82, 2.24) is 15.5 Å². The number of carbonyl (C=O) groups is 2. The van der Waals surface area contributed by atoms with Crippen LogP contribution in [0, 0.1) is 11.6 Å². The van der Waals surface area contributed by atoms with Crippen LogP contribution >= 0.6 is 23.2 Å². The number of nitrogens with zero attached hydrogens (tertiary/aromatic N) is 1. The van der Waals surface area contributed by atoms with Gasteiger partial charge in [-0.15, -0.1) is 0 Å². The number of rotatable bonds is 5. The molecular formula is C18H12Cl2F2N4O2. The van der Waals surface area contributed by atoms with Gasteiger partial charge in [0.15, 0.2) is 17.3 Å². The van der Waals surface area contributed by atoms with Crippen LogP contribution in [0.2, 0.25) is 10.0 Å². The summed E-state index contributed by atoms with van der Waals surface area (Å²) in [5, 5.41) is 11.6. The van der Waals surface area contributed by atoms with Crippen LogP contribution in [0.25, 0.3) is 0 Å². The number of carbonyl (C=O) groups excluding carboxylic acids is 2. The van der Waals surface area contributed by atoms with E-state index in [2.05, 4.69) is 20.8 Å². The summed E-state index contributed by atoms with van der Waals surface area (Å²) in [6.07, 6.45) is 0. The molecule has 0 unspecified atom stereocenters. The maximum Gasteiger partial charge on any atom is 0.272 e. The molecule has 0 aliphatic heterocycles. The lowest BCUT2D eigenvalue weighted by molar-refractivity contribution is 0.0945. The van der Waals surface area contributed by atoms with E-state index >= 15 is 0 Å². The largest absolute Gasteiger partial charge is 0.347 e. The number of nitrogens with one attached hydrogen (secondary N) is 3. The Morgan fingerprint density at radius 3 is 2.39 bits per heavy atom. The third kappa shape index (κ3) is 4.65. The summed E-state index contributed by atoms with van der Waals surface area (Å²) in [6, 6.07) is 9.62. The van der Waals surface area contributed by atoms with Crippen molar-refractivity contribution in [1.29, 1.82) is 0 Å². The summed E-state index contributed by atoms with van der Waals surface area (Å²) in [5.41, 5.74) is 0.611. The third-order valence-corrected chi connectivity index (χ3v) is 4.24. The molecule has 1 heterocycles. The Hall–Kier alpha value is -2.97. The van der Waals surface area contributed by atoms with Crippen molar-refractivity contribution < 1.29 is 18.4 Å². The van der Waals surface area contributed by atoms with Gasteiger partial charge in [-0.05, 0) is 29.8 Å². The number of aromatic amines is 1. The Labute approximate surface area is 167 Å². The van der Waals surface area contributed by atoms with Gasteiger partial charge in [-0.2, -0.15) is 5.10 Å². The summed E-state index contributed by atoms with van der Waals surface area (Å²) in [5.74, 6) is -3.55. The van der Waals surface area contributed by atoms with Crippen molar-refractivity contribution in [2.24, 2.45) is 0 Å². The Bertz CT molecular complexity index is 1040. The number of amides is 2. The number of H-pyrrole nitrogens is 1. The zero-order chi connectivity index (χ0) is 20.3. The van der Waals surface area contributed by atoms with Gasteiger partial charge in [-0.3, -0.25) is 14.7 Å². The molecule has 0 saturated carbocycles. The van der Waals surface area contributed by atoms with Crippen LogP contribution in [0.4, 0.5) is 14.6 Å². The Morgan fingerprint density at radius 2 is 1.68 bits per heavy atom.